The Labute approximate surface area is 183 Å². The summed E-state index contributed by atoms with van der Waals surface area (Å²) in [6, 6.07) is 13.9. The van der Waals surface area contributed by atoms with Crippen LogP contribution < -0.4 is 15.4 Å². The van der Waals surface area contributed by atoms with Crippen molar-refractivity contribution in [1.29, 1.82) is 0 Å². The van der Waals surface area contributed by atoms with E-state index in [-0.39, 0.29) is 11.8 Å². The molecule has 3 rings (SSSR count). The van der Waals surface area contributed by atoms with Gasteiger partial charge < -0.3 is 15.4 Å². The molecule has 1 aliphatic rings. The molecule has 2 aromatic rings. The van der Waals surface area contributed by atoms with E-state index < -0.39 is 5.97 Å². The van der Waals surface area contributed by atoms with Crippen LogP contribution in [-0.4, -0.2) is 17.8 Å². The molecule has 0 atom stereocenters. The molecule has 0 aromatic heterocycles. The van der Waals surface area contributed by atoms with E-state index in [0.29, 0.717) is 30.2 Å². The lowest BCUT2D eigenvalue weighted by Gasteiger charge is -2.21. The van der Waals surface area contributed by atoms with Crippen LogP contribution >= 0.6 is 0 Å². The third-order valence-corrected chi connectivity index (χ3v) is 5.55. The molecule has 31 heavy (non-hydrogen) atoms. The fourth-order valence-electron chi connectivity index (χ4n) is 3.89. The maximum absolute atomic E-state index is 12.4. The molecule has 2 aromatic carbocycles. The minimum atomic E-state index is -0.432. The topological polar surface area (TPSA) is 84.5 Å². The summed E-state index contributed by atoms with van der Waals surface area (Å²) in [5.41, 5.74) is 2.10. The maximum atomic E-state index is 12.4. The summed E-state index contributed by atoms with van der Waals surface area (Å²) in [4.78, 5) is 35.6. The van der Waals surface area contributed by atoms with Crippen LogP contribution in [0.25, 0.3) is 0 Å². The number of hydrogen-bond donors (Lipinski definition) is 2. The average Bonchev–Trinajstić information content (AvgIpc) is 2.77. The Morgan fingerprint density at radius 1 is 1.00 bits per heavy atom. The summed E-state index contributed by atoms with van der Waals surface area (Å²) in [6.45, 7) is 1.67. The molecule has 6 heteroatoms. The van der Waals surface area contributed by atoms with E-state index in [2.05, 4.69) is 10.6 Å². The van der Waals surface area contributed by atoms with Crippen LogP contribution in [-0.2, 0) is 16.1 Å². The first-order valence-electron chi connectivity index (χ1n) is 10.9. The number of amides is 2. The highest BCUT2D eigenvalue weighted by atomic mass is 16.5. The number of esters is 1. The van der Waals surface area contributed by atoms with E-state index in [4.69, 9.17) is 4.74 Å². The van der Waals surface area contributed by atoms with Crippen LogP contribution in [0.1, 0.15) is 67.8 Å². The molecular formula is C25H30N2O4. The highest BCUT2D eigenvalue weighted by Crippen LogP contribution is 2.27. The Hall–Kier alpha value is -3.15. The number of rotatable bonds is 8. The van der Waals surface area contributed by atoms with Crippen LogP contribution in [0.3, 0.4) is 0 Å². The molecule has 2 N–H and O–H groups in total. The molecule has 2 amide bonds. The molecule has 1 fully saturated rings. The number of ether oxygens (including phenoxy) is 1. The minimum Gasteiger partial charge on any atom is -0.427 e. The van der Waals surface area contributed by atoms with Gasteiger partial charge in [0, 0.05) is 31.1 Å². The first kappa shape index (κ1) is 22.5. The summed E-state index contributed by atoms with van der Waals surface area (Å²) >= 11 is 0. The van der Waals surface area contributed by atoms with Crippen LogP contribution in [0.15, 0.2) is 48.5 Å². The predicted octanol–water partition coefficient (Wildman–Crippen LogP) is 4.84. The van der Waals surface area contributed by atoms with Gasteiger partial charge in [0.2, 0.25) is 5.91 Å². The molecule has 1 saturated carbocycles. The van der Waals surface area contributed by atoms with Crippen molar-refractivity contribution in [1.82, 2.24) is 5.32 Å². The largest absolute Gasteiger partial charge is 0.427 e. The van der Waals surface area contributed by atoms with Crippen molar-refractivity contribution in [3.63, 3.8) is 0 Å². The summed E-state index contributed by atoms with van der Waals surface area (Å²) in [5.74, 6) is 0.399. The van der Waals surface area contributed by atoms with Crippen molar-refractivity contribution in [2.45, 2.75) is 58.4 Å². The minimum absolute atomic E-state index is 0.0549. The van der Waals surface area contributed by atoms with Crippen molar-refractivity contribution >= 4 is 23.5 Å². The van der Waals surface area contributed by atoms with Gasteiger partial charge in [0.1, 0.15) is 5.75 Å². The van der Waals surface area contributed by atoms with Crippen LogP contribution in [0.4, 0.5) is 5.69 Å². The third kappa shape index (κ3) is 7.55. The van der Waals surface area contributed by atoms with E-state index in [1.807, 2.05) is 24.3 Å². The number of anilines is 1. The van der Waals surface area contributed by atoms with Crippen molar-refractivity contribution in [3.8, 4) is 5.75 Å². The number of benzene rings is 2. The Morgan fingerprint density at radius 3 is 2.45 bits per heavy atom. The third-order valence-electron chi connectivity index (χ3n) is 5.55. The normalized spacial score (nSPS) is 14.0. The van der Waals surface area contributed by atoms with E-state index >= 15 is 0 Å². The SMILES string of the molecule is CC(=O)Oc1cccc(C(=O)NCc2ccc(NC(=O)CCC3CCCCC3)cc2)c1. The van der Waals surface area contributed by atoms with Crippen molar-refractivity contribution < 1.29 is 19.1 Å². The van der Waals surface area contributed by atoms with Gasteiger partial charge in [-0.25, -0.2) is 0 Å². The van der Waals surface area contributed by atoms with Crippen LogP contribution in [0.5, 0.6) is 5.75 Å². The van der Waals surface area contributed by atoms with Gasteiger partial charge in [-0.1, -0.05) is 50.3 Å². The number of hydrogen-bond acceptors (Lipinski definition) is 4. The molecular weight excluding hydrogens is 392 g/mol. The van der Waals surface area contributed by atoms with Gasteiger partial charge >= 0.3 is 5.97 Å². The van der Waals surface area contributed by atoms with Crippen molar-refractivity contribution in [2.24, 2.45) is 5.92 Å². The Bertz CT molecular complexity index is 902. The van der Waals surface area contributed by atoms with Gasteiger partial charge in [-0.3, -0.25) is 14.4 Å². The standard InChI is InChI=1S/C25H30N2O4/c1-18(28)31-23-9-5-8-21(16-23)25(30)26-17-20-10-13-22(14-11-20)27-24(29)15-12-19-6-3-2-4-7-19/h5,8-11,13-14,16,19H,2-4,6-7,12,15,17H2,1H3,(H,26,30)(H,27,29). The first-order chi connectivity index (χ1) is 15.0. The van der Waals surface area contributed by atoms with E-state index in [9.17, 15) is 14.4 Å². The van der Waals surface area contributed by atoms with Gasteiger partial charge in [0.15, 0.2) is 0 Å². The van der Waals surface area contributed by atoms with Gasteiger partial charge in [0.05, 0.1) is 0 Å². The van der Waals surface area contributed by atoms with Gasteiger partial charge in [0.25, 0.3) is 5.91 Å². The Morgan fingerprint density at radius 2 is 1.74 bits per heavy atom. The number of nitrogens with one attached hydrogen (secondary N) is 2. The maximum Gasteiger partial charge on any atom is 0.308 e. The Balaban J connectivity index is 1.44. The van der Waals surface area contributed by atoms with Crippen molar-refractivity contribution in [2.75, 3.05) is 5.32 Å². The summed E-state index contributed by atoms with van der Waals surface area (Å²) < 4.78 is 5.01. The zero-order valence-corrected chi connectivity index (χ0v) is 18.0. The fraction of sp³-hybridized carbons (Fsp3) is 0.400. The summed E-state index contributed by atoms with van der Waals surface area (Å²) in [5, 5.41) is 5.80. The van der Waals surface area contributed by atoms with Crippen LogP contribution in [0.2, 0.25) is 0 Å². The zero-order valence-electron chi connectivity index (χ0n) is 18.0. The van der Waals surface area contributed by atoms with Gasteiger partial charge in [-0.15, -0.1) is 0 Å². The summed E-state index contributed by atoms with van der Waals surface area (Å²) in [6.07, 6.45) is 7.95. The summed E-state index contributed by atoms with van der Waals surface area (Å²) in [7, 11) is 0. The molecule has 0 spiro atoms. The molecule has 0 radical (unpaired) electrons. The van der Waals surface area contributed by atoms with Gasteiger partial charge in [-0.2, -0.15) is 0 Å². The molecule has 164 valence electrons. The monoisotopic (exact) mass is 422 g/mol. The molecule has 6 nitrogen and oxygen atoms in total. The molecule has 0 saturated heterocycles. The second-order valence-corrected chi connectivity index (χ2v) is 8.09. The predicted molar refractivity (Wildman–Crippen MR) is 120 cm³/mol. The average molecular weight is 423 g/mol. The highest BCUT2D eigenvalue weighted by molar-refractivity contribution is 5.94. The quantitative estimate of drug-likeness (QED) is 0.471. The van der Waals surface area contributed by atoms with Gasteiger partial charge in [-0.05, 0) is 48.2 Å². The lowest BCUT2D eigenvalue weighted by atomic mass is 9.86. The Kier molecular flexibility index (Phi) is 8.21. The molecule has 0 aliphatic heterocycles. The molecule has 0 bridgehead atoms. The fourth-order valence-corrected chi connectivity index (χ4v) is 3.89. The van der Waals surface area contributed by atoms with E-state index in [1.165, 1.54) is 45.1 Å². The van der Waals surface area contributed by atoms with Crippen molar-refractivity contribution in [3.05, 3.63) is 59.7 Å². The lowest BCUT2D eigenvalue weighted by Crippen LogP contribution is -2.22. The van der Waals surface area contributed by atoms with E-state index in [1.54, 1.807) is 18.2 Å². The van der Waals surface area contributed by atoms with Crippen LogP contribution in [0, 0.1) is 5.92 Å². The number of carbonyl (C=O) groups is 3. The number of carbonyl (C=O) groups excluding carboxylic acids is 3. The highest BCUT2D eigenvalue weighted by Gasteiger charge is 2.15. The second kappa shape index (κ2) is 11.3. The lowest BCUT2D eigenvalue weighted by molar-refractivity contribution is -0.131. The van der Waals surface area contributed by atoms with E-state index in [0.717, 1.165) is 17.7 Å². The second-order valence-electron chi connectivity index (χ2n) is 8.09. The molecule has 0 unspecified atom stereocenters. The molecule has 0 heterocycles. The molecule has 1 aliphatic carbocycles. The smallest absolute Gasteiger partial charge is 0.308 e. The first-order valence-corrected chi connectivity index (χ1v) is 10.9. The zero-order chi connectivity index (χ0) is 22.1.